The van der Waals surface area contributed by atoms with Crippen molar-refractivity contribution in [2.75, 3.05) is 0 Å². The lowest BCUT2D eigenvalue weighted by Gasteiger charge is -2.19. The van der Waals surface area contributed by atoms with Gasteiger partial charge in [-0.2, -0.15) is 5.10 Å². The summed E-state index contributed by atoms with van der Waals surface area (Å²) in [6, 6.07) is 18.9. The third kappa shape index (κ3) is 3.74. The van der Waals surface area contributed by atoms with E-state index in [4.69, 9.17) is 0 Å². The maximum absolute atomic E-state index is 4.52. The average Bonchev–Trinajstić information content (AvgIpc) is 3.11. The first-order chi connectivity index (χ1) is 13.0. The Morgan fingerprint density at radius 3 is 2.37 bits per heavy atom. The van der Waals surface area contributed by atoms with Crippen molar-refractivity contribution in [3.05, 3.63) is 78.2 Å². The molecule has 0 bridgehead atoms. The number of nitrogens with zero attached hydrogens (tertiary/aromatic N) is 4. The summed E-state index contributed by atoms with van der Waals surface area (Å²) in [7, 11) is 0. The number of rotatable bonds is 4. The molecule has 27 heavy (non-hydrogen) atoms. The molecular formula is C22H22N4S. The zero-order valence-electron chi connectivity index (χ0n) is 15.8. The van der Waals surface area contributed by atoms with Crippen LogP contribution < -0.4 is 0 Å². The van der Waals surface area contributed by atoms with Crippen LogP contribution in [-0.2, 0) is 11.2 Å². The van der Waals surface area contributed by atoms with Gasteiger partial charge in [-0.3, -0.25) is 0 Å². The van der Waals surface area contributed by atoms with E-state index in [0.717, 1.165) is 27.5 Å². The van der Waals surface area contributed by atoms with Gasteiger partial charge in [0.15, 0.2) is 5.65 Å². The second kappa shape index (κ2) is 7.16. The molecular weight excluding hydrogens is 352 g/mol. The van der Waals surface area contributed by atoms with Gasteiger partial charge in [0.25, 0.3) is 0 Å². The summed E-state index contributed by atoms with van der Waals surface area (Å²) in [6.07, 6.45) is 3.47. The summed E-state index contributed by atoms with van der Waals surface area (Å²) in [6.45, 7) is 6.70. The lowest BCUT2D eigenvalue weighted by Crippen LogP contribution is -2.10. The van der Waals surface area contributed by atoms with Gasteiger partial charge in [-0.15, -0.1) is 11.8 Å². The highest BCUT2D eigenvalue weighted by Gasteiger charge is 2.14. The fourth-order valence-corrected chi connectivity index (χ4v) is 3.87. The van der Waals surface area contributed by atoms with Gasteiger partial charge >= 0.3 is 0 Å². The third-order valence-electron chi connectivity index (χ3n) is 4.53. The van der Waals surface area contributed by atoms with E-state index in [1.807, 2.05) is 41.2 Å². The number of fused-ring (bicyclic) bond motifs is 1. The minimum Gasteiger partial charge on any atom is -0.229 e. The zero-order chi connectivity index (χ0) is 18.9. The lowest BCUT2D eigenvalue weighted by molar-refractivity contribution is 0.590. The predicted octanol–water partition coefficient (Wildman–Crippen LogP) is 5.41. The van der Waals surface area contributed by atoms with Gasteiger partial charge in [0, 0.05) is 5.75 Å². The first-order valence-corrected chi connectivity index (χ1v) is 9.97. The number of hydrogen-bond acceptors (Lipinski definition) is 4. The van der Waals surface area contributed by atoms with E-state index < -0.39 is 0 Å². The summed E-state index contributed by atoms with van der Waals surface area (Å²) in [5.41, 5.74) is 4.65. The molecule has 0 amide bonds. The van der Waals surface area contributed by atoms with Crippen LogP contribution in [0.5, 0.6) is 0 Å². The van der Waals surface area contributed by atoms with E-state index in [-0.39, 0.29) is 5.41 Å². The van der Waals surface area contributed by atoms with Crippen LogP contribution in [0.2, 0.25) is 0 Å². The summed E-state index contributed by atoms with van der Waals surface area (Å²) >= 11 is 1.72. The zero-order valence-corrected chi connectivity index (χ0v) is 16.6. The molecule has 4 nitrogen and oxygen atoms in total. The number of thioether (sulfide) groups is 1. The largest absolute Gasteiger partial charge is 0.229 e. The van der Waals surface area contributed by atoms with Crippen LogP contribution in [0.4, 0.5) is 0 Å². The van der Waals surface area contributed by atoms with E-state index in [1.54, 1.807) is 18.1 Å². The van der Waals surface area contributed by atoms with Crippen LogP contribution in [0.3, 0.4) is 0 Å². The Kier molecular flexibility index (Phi) is 4.70. The second-order valence-electron chi connectivity index (χ2n) is 7.54. The molecule has 0 spiro atoms. The van der Waals surface area contributed by atoms with Crippen molar-refractivity contribution in [2.24, 2.45) is 0 Å². The number of hydrogen-bond donors (Lipinski definition) is 0. The monoisotopic (exact) mass is 374 g/mol. The highest BCUT2D eigenvalue weighted by Crippen LogP contribution is 2.29. The van der Waals surface area contributed by atoms with Crippen LogP contribution in [0.25, 0.3) is 16.7 Å². The molecule has 0 aliphatic heterocycles. The molecule has 0 N–H and O–H groups in total. The maximum Gasteiger partial charge on any atom is 0.167 e. The minimum absolute atomic E-state index is 0.177. The van der Waals surface area contributed by atoms with E-state index >= 15 is 0 Å². The molecule has 2 aromatic heterocycles. The van der Waals surface area contributed by atoms with Crippen molar-refractivity contribution in [3.8, 4) is 5.69 Å². The van der Waals surface area contributed by atoms with E-state index in [0.29, 0.717) is 0 Å². The molecule has 2 aromatic carbocycles. The lowest BCUT2D eigenvalue weighted by atomic mass is 9.87. The first-order valence-electron chi connectivity index (χ1n) is 8.99. The Hall–Kier alpha value is -2.66. The minimum atomic E-state index is 0.177. The highest BCUT2D eigenvalue weighted by atomic mass is 32.2. The van der Waals surface area contributed by atoms with Crippen molar-refractivity contribution in [3.63, 3.8) is 0 Å². The Balaban J connectivity index is 1.57. The number of aromatic nitrogens is 4. The van der Waals surface area contributed by atoms with Crippen LogP contribution in [0.1, 0.15) is 31.9 Å². The molecule has 4 aromatic rings. The van der Waals surface area contributed by atoms with Gasteiger partial charge in [-0.1, -0.05) is 63.2 Å². The topological polar surface area (TPSA) is 43.6 Å². The standard InChI is InChI=1S/C22H22N4S/c1-22(2,3)17-11-9-16(10-12-17)14-27-21-19-13-25-26(20(19)23-15-24-21)18-7-5-4-6-8-18/h4-13,15H,14H2,1-3H3. The SMILES string of the molecule is CC(C)(C)c1ccc(CSc2ncnc3c2cnn3-c2ccccc2)cc1. The Labute approximate surface area is 163 Å². The quantitative estimate of drug-likeness (QED) is 0.354. The summed E-state index contributed by atoms with van der Waals surface area (Å²) in [5, 5.41) is 6.46. The van der Waals surface area contributed by atoms with Crippen molar-refractivity contribution >= 4 is 22.8 Å². The fraction of sp³-hybridized carbons (Fsp3) is 0.227. The van der Waals surface area contributed by atoms with Gasteiger partial charge < -0.3 is 0 Å². The van der Waals surface area contributed by atoms with Crippen LogP contribution in [0.15, 0.2) is 72.1 Å². The van der Waals surface area contributed by atoms with E-state index in [2.05, 4.69) is 60.1 Å². The molecule has 136 valence electrons. The number of benzene rings is 2. The fourth-order valence-electron chi connectivity index (χ4n) is 2.95. The molecule has 0 atom stereocenters. The normalized spacial score (nSPS) is 11.8. The van der Waals surface area contributed by atoms with Gasteiger partial charge in [-0.25, -0.2) is 14.6 Å². The molecule has 4 rings (SSSR count). The molecule has 0 saturated heterocycles. The number of para-hydroxylation sites is 1. The predicted molar refractivity (Wildman–Crippen MR) is 111 cm³/mol. The van der Waals surface area contributed by atoms with Gasteiger partial charge in [0.1, 0.15) is 11.4 Å². The summed E-state index contributed by atoms with van der Waals surface area (Å²) in [5.74, 6) is 0.868. The summed E-state index contributed by atoms with van der Waals surface area (Å²) in [4.78, 5) is 8.93. The maximum atomic E-state index is 4.52. The average molecular weight is 375 g/mol. The first kappa shape index (κ1) is 17.7. The molecule has 0 unspecified atom stereocenters. The van der Waals surface area contributed by atoms with Gasteiger partial charge in [-0.05, 0) is 28.7 Å². The molecule has 2 heterocycles. The Bertz CT molecular complexity index is 1050. The van der Waals surface area contributed by atoms with Crippen molar-refractivity contribution in [1.82, 2.24) is 19.7 Å². The summed E-state index contributed by atoms with van der Waals surface area (Å²) < 4.78 is 1.86. The van der Waals surface area contributed by atoms with E-state index in [9.17, 15) is 0 Å². The van der Waals surface area contributed by atoms with Crippen LogP contribution >= 0.6 is 11.8 Å². The van der Waals surface area contributed by atoms with Crippen LogP contribution in [-0.4, -0.2) is 19.7 Å². The Morgan fingerprint density at radius 2 is 1.67 bits per heavy atom. The smallest absolute Gasteiger partial charge is 0.167 e. The Morgan fingerprint density at radius 1 is 0.926 bits per heavy atom. The van der Waals surface area contributed by atoms with Gasteiger partial charge in [0.2, 0.25) is 0 Å². The molecule has 0 saturated carbocycles. The van der Waals surface area contributed by atoms with Crippen molar-refractivity contribution in [2.45, 2.75) is 37.0 Å². The molecule has 0 aliphatic carbocycles. The van der Waals surface area contributed by atoms with Crippen LogP contribution in [0, 0.1) is 0 Å². The van der Waals surface area contributed by atoms with E-state index in [1.165, 1.54) is 11.1 Å². The third-order valence-corrected chi connectivity index (χ3v) is 5.60. The second-order valence-corrected chi connectivity index (χ2v) is 8.51. The molecule has 0 aliphatic rings. The molecule has 0 radical (unpaired) electrons. The van der Waals surface area contributed by atoms with Gasteiger partial charge in [0.05, 0.1) is 17.3 Å². The highest BCUT2D eigenvalue weighted by molar-refractivity contribution is 7.98. The molecule has 5 heteroatoms. The molecule has 0 fully saturated rings. The van der Waals surface area contributed by atoms with Crippen molar-refractivity contribution in [1.29, 1.82) is 0 Å². The van der Waals surface area contributed by atoms with Crippen molar-refractivity contribution < 1.29 is 0 Å².